The van der Waals surface area contributed by atoms with E-state index in [1.807, 2.05) is 18.2 Å². The lowest BCUT2D eigenvalue weighted by molar-refractivity contribution is 0.241. The largest absolute Gasteiger partial charge is 0.506 e. The van der Waals surface area contributed by atoms with Crippen LogP contribution in [0.25, 0.3) is 10.9 Å². The first-order valence-electron chi connectivity index (χ1n) is 9.06. The molecule has 7 heteroatoms. The van der Waals surface area contributed by atoms with Crippen LogP contribution in [0, 0.1) is 0 Å². The zero-order valence-corrected chi connectivity index (χ0v) is 15.5. The molecule has 1 fully saturated rings. The summed E-state index contributed by atoms with van der Waals surface area (Å²) in [5.41, 5.74) is 1.52. The number of aromatic hydroxyl groups is 1. The van der Waals surface area contributed by atoms with Crippen molar-refractivity contribution in [1.29, 1.82) is 0 Å². The van der Waals surface area contributed by atoms with Gasteiger partial charge in [-0.15, -0.1) is 0 Å². The molecule has 140 valence electrons. The van der Waals surface area contributed by atoms with E-state index in [-0.39, 0.29) is 10.8 Å². The van der Waals surface area contributed by atoms with Crippen LogP contribution >= 0.6 is 11.6 Å². The zero-order valence-electron chi connectivity index (χ0n) is 14.8. The highest BCUT2D eigenvalue weighted by molar-refractivity contribution is 6.32. The number of hydrogen-bond donors (Lipinski definition) is 3. The standard InChI is InChI=1S/C20H21ClN4O2/c21-15-10-13(7-8-17(15)26)25-20-19-16(23-12-24-20)5-3-6-18(19)27-11-14-4-1-2-9-22-14/h3,5-8,10,12,14,22,26H,1-2,4,9,11H2,(H,23,24,25)/t14-/m1/s1. The van der Waals surface area contributed by atoms with E-state index in [9.17, 15) is 5.11 Å². The summed E-state index contributed by atoms with van der Waals surface area (Å²) < 4.78 is 6.13. The lowest BCUT2D eigenvalue weighted by Gasteiger charge is -2.24. The zero-order chi connectivity index (χ0) is 18.6. The number of rotatable bonds is 5. The predicted octanol–water partition coefficient (Wildman–Crippen LogP) is 4.25. The van der Waals surface area contributed by atoms with Gasteiger partial charge in [0.05, 0.1) is 15.9 Å². The number of nitrogens with zero attached hydrogens (tertiary/aromatic N) is 2. The molecule has 27 heavy (non-hydrogen) atoms. The third-order valence-electron chi connectivity index (χ3n) is 4.69. The summed E-state index contributed by atoms with van der Waals surface area (Å²) in [6.07, 6.45) is 5.09. The molecule has 0 radical (unpaired) electrons. The van der Waals surface area contributed by atoms with Gasteiger partial charge in [-0.25, -0.2) is 9.97 Å². The van der Waals surface area contributed by atoms with E-state index in [2.05, 4.69) is 20.6 Å². The van der Waals surface area contributed by atoms with Gasteiger partial charge in [-0.05, 0) is 49.7 Å². The molecule has 0 spiro atoms. The topological polar surface area (TPSA) is 79.3 Å². The van der Waals surface area contributed by atoms with Crippen molar-refractivity contribution in [1.82, 2.24) is 15.3 Å². The summed E-state index contributed by atoms with van der Waals surface area (Å²) in [5, 5.41) is 17.4. The first kappa shape index (κ1) is 17.8. The molecule has 3 N–H and O–H groups in total. The molecule has 0 aliphatic carbocycles. The molecule has 4 rings (SSSR count). The molecule has 0 unspecified atom stereocenters. The number of benzene rings is 2. The van der Waals surface area contributed by atoms with E-state index in [1.54, 1.807) is 18.2 Å². The van der Waals surface area contributed by atoms with Gasteiger partial charge in [-0.3, -0.25) is 0 Å². The Balaban J connectivity index is 1.63. The van der Waals surface area contributed by atoms with Crippen molar-refractivity contribution >= 4 is 34.0 Å². The SMILES string of the molecule is Oc1ccc(Nc2ncnc3cccc(OC[C@H]4CCCCN4)c23)cc1Cl. The maximum atomic E-state index is 9.61. The average Bonchev–Trinajstić information content (AvgIpc) is 2.70. The number of ether oxygens (including phenoxy) is 1. The van der Waals surface area contributed by atoms with Gasteiger partial charge in [0.1, 0.15) is 30.3 Å². The lowest BCUT2D eigenvalue weighted by Crippen LogP contribution is -2.38. The second-order valence-corrected chi connectivity index (χ2v) is 7.03. The Morgan fingerprint density at radius 2 is 2.15 bits per heavy atom. The number of hydrogen-bond acceptors (Lipinski definition) is 6. The monoisotopic (exact) mass is 384 g/mol. The van der Waals surface area contributed by atoms with Gasteiger partial charge in [-0.1, -0.05) is 24.1 Å². The van der Waals surface area contributed by atoms with Crippen molar-refractivity contribution in [3.8, 4) is 11.5 Å². The molecule has 3 aromatic rings. The van der Waals surface area contributed by atoms with Crippen LogP contribution in [0.15, 0.2) is 42.7 Å². The van der Waals surface area contributed by atoms with Crippen molar-refractivity contribution in [3.63, 3.8) is 0 Å². The number of phenols is 1. The van der Waals surface area contributed by atoms with Crippen LogP contribution in [0.2, 0.25) is 5.02 Å². The second kappa shape index (κ2) is 7.98. The van der Waals surface area contributed by atoms with E-state index in [1.165, 1.54) is 19.2 Å². The van der Waals surface area contributed by atoms with Gasteiger partial charge in [0.2, 0.25) is 0 Å². The molecule has 1 saturated heterocycles. The van der Waals surface area contributed by atoms with Crippen LogP contribution in [-0.2, 0) is 0 Å². The third-order valence-corrected chi connectivity index (χ3v) is 4.99. The van der Waals surface area contributed by atoms with Gasteiger partial charge in [0.25, 0.3) is 0 Å². The molecule has 1 aromatic heterocycles. The van der Waals surface area contributed by atoms with Gasteiger partial charge >= 0.3 is 0 Å². The van der Waals surface area contributed by atoms with Crippen molar-refractivity contribution in [2.45, 2.75) is 25.3 Å². The molecule has 2 aromatic carbocycles. The van der Waals surface area contributed by atoms with Crippen LogP contribution < -0.4 is 15.4 Å². The molecular weight excluding hydrogens is 364 g/mol. The number of nitrogens with one attached hydrogen (secondary N) is 2. The van der Waals surface area contributed by atoms with E-state index in [0.717, 1.165) is 35.3 Å². The highest BCUT2D eigenvalue weighted by Gasteiger charge is 2.15. The Kier molecular flexibility index (Phi) is 5.27. The van der Waals surface area contributed by atoms with Crippen LogP contribution in [-0.4, -0.2) is 34.3 Å². The average molecular weight is 385 g/mol. The van der Waals surface area contributed by atoms with E-state index < -0.39 is 0 Å². The Morgan fingerprint density at radius 1 is 1.22 bits per heavy atom. The number of halogens is 1. The Morgan fingerprint density at radius 3 is 2.96 bits per heavy atom. The number of fused-ring (bicyclic) bond motifs is 1. The summed E-state index contributed by atoms with van der Waals surface area (Å²) >= 11 is 6.01. The summed E-state index contributed by atoms with van der Waals surface area (Å²) in [7, 11) is 0. The van der Waals surface area contributed by atoms with Crippen molar-refractivity contribution in [2.24, 2.45) is 0 Å². The number of aromatic nitrogens is 2. The molecule has 0 saturated carbocycles. The van der Waals surface area contributed by atoms with Crippen LogP contribution in [0.4, 0.5) is 11.5 Å². The quantitative estimate of drug-likeness (QED) is 0.570. The Bertz CT molecular complexity index is 939. The highest BCUT2D eigenvalue weighted by Crippen LogP contribution is 2.33. The molecular formula is C20H21ClN4O2. The summed E-state index contributed by atoms with van der Waals surface area (Å²) in [6, 6.07) is 11.1. The Hall–Kier alpha value is -2.57. The molecule has 0 bridgehead atoms. The van der Waals surface area contributed by atoms with Crippen LogP contribution in [0.3, 0.4) is 0 Å². The molecule has 6 nitrogen and oxygen atoms in total. The van der Waals surface area contributed by atoms with Gasteiger partial charge in [0.15, 0.2) is 0 Å². The van der Waals surface area contributed by atoms with E-state index in [0.29, 0.717) is 18.5 Å². The fourth-order valence-electron chi connectivity index (χ4n) is 3.27. The summed E-state index contributed by atoms with van der Waals surface area (Å²) in [4.78, 5) is 8.74. The highest BCUT2D eigenvalue weighted by atomic mass is 35.5. The fraction of sp³-hybridized carbons (Fsp3) is 0.300. The first-order chi connectivity index (χ1) is 13.2. The van der Waals surface area contributed by atoms with Gasteiger partial charge < -0.3 is 20.5 Å². The lowest BCUT2D eigenvalue weighted by atomic mass is 10.1. The van der Waals surface area contributed by atoms with Crippen LogP contribution in [0.5, 0.6) is 11.5 Å². The molecule has 0 amide bonds. The van der Waals surface area contributed by atoms with Gasteiger partial charge in [0, 0.05) is 11.7 Å². The summed E-state index contributed by atoms with van der Waals surface area (Å²) in [5.74, 6) is 1.42. The molecule has 1 aliphatic rings. The van der Waals surface area contributed by atoms with Gasteiger partial charge in [-0.2, -0.15) is 0 Å². The van der Waals surface area contributed by atoms with Crippen LogP contribution in [0.1, 0.15) is 19.3 Å². The normalized spacial score (nSPS) is 17.0. The molecule has 1 aliphatic heterocycles. The maximum Gasteiger partial charge on any atom is 0.145 e. The number of phenolic OH excluding ortho intramolecular Hbond substituents is 1. The fourth-order valence-corrected chi connectivity index (χ4v) is 3.45. The number of anilines is 2. The minimum Gasteiger partial charge on any atom is -0.506 e. The number of piperidine rings is 1. The van der Waals surface area contributed by atoms with E-state index >= 15 is 0 Å². The van der Waals surface area contributed by atoms with Crippen molar-refractivity contribution < 1.29 is 9.84 Å². The minimum atomic E-state index is 0.0405. The summed E-state index contributed by atoms with van der Waals surface area (Å²) in [6.45, 7) is 1.65. The molecule has 1 atom stereocenters. The van der Waals surface area contributed by atoms with E-state index in [4.69, 9.17) is 16.3 Å². The smallest absolute Gasteiger partial charge is 0.145 e. The van der Waals surface area contributed by atoms with Crippen molar-refractivity contribution in [2.75, 3.05) is 18.5 Å². The Labute approximate surface area is 162 Å². The minimum absolute atomic E-state index is 0.0405. The maximum absolute atomic E-state index is 9.61. The molecule has 2 heterocycles. The van der Waals surface area contributed by atoms with Crippen molar-refractivity contribution in [3.05, 3.63) is 47.7 Å². The first-order valence-corrected chi connectivity index (χ1v) is 9.44. The second-order valence-electron chi connectivity index (χ2n) is 6.62. The predicted molar refractivity (Wildman–Crippen MR) is 107 cm³/mol. The third kappa shape index (κ3) is 4.07.